The average molecular weight is 343 g/mol. The van der Waals surface area contributed by atoms with Crippen molar-refractivity contribution in [3.8, 4) is 6.07 Å². The fourth-order valence-electron chi connectivity index (χ4n) is 3.36. The van der Waals surface area contributed by atoms with Crippen molar-refractivity contribution >= 4 is 5.69 Å². The van der Waals surface area contributed by atoms with E-state index in [1.807, 2.05) is 32.9 Å². The Kier molecular flexibility index (Phi) is 5.00. The van der Waals surface area contributed by atoms with Gasteiger partial charge in [-0.2, -0.15) is 5.26 Å². The van der Waals surface area contributed by atoms with E-state index in [1.165, 1.54) is 0 Å². The van der Waals surface area contributed by atoms with Gasteiger partial charge >= 0.3 is 0 Å². The minimum atomic E-state index is -0.854. The van der Waals surface area contributed by atoms with Crippen LogP contribution in [0, 0.1) is 32.1 Å². The maximum absolute atomic E-state index is 14.0. The molecular formula is C18H22FN5O. The van der Waals surface area contributed by atoms with Crippen LogP contribution in [0.15, 0.2) is 16.7 Å². The van der Waals surface area contributed by atoms with E-state index in [1.54, 1.807) is 0 Å². The Bertz CT molecular complexity index is 797. The SMILES string of the molecule is Cc1cc(CN2C[C@@H](F)C[C@H]2CNc2cc(C)nc(C)c2C#N)on1. The lowest BCUT2D eigenvalue weighted by molar-refractivity contribution is 0.213. The number of nitriles is 1. The van der Waals surface area contributed by atoms with E-state index in [0.29, 0.717) is 37.3 Å². The Hall–Kier alpha value is -2.46. The van der Waals surface area contributed by atoms with Gasteiger partial charge in [0, 0.05) is 30.9 Å². The lowest BCUT2D eigenvalue weighted by atomic mass is 10.1. The number of halogens is 1. The van der Waals surface area contributed by atoms with Crippen molar-refractivity contribution in [1.29, 1.82) is 5.26 Å². The summed E-state index contributed by atoms with van der Waals surface area (Å²) in [7, 11) is 0. The van der Waals surface area contributed by atoms with E-state index in [9.17, 15) is 9.65 Å². The average Bonchev–Trinajstić information content (AvgIpc) is 3.10. The summed E-state index contributed by atoms with van der Waals surface area (Å²) in [5, 5.41) is 16.6. The van der Waals surface area contributed by atoms with E-state index in [4.69, 9.17) is 4.52 Å². The molecule has 1 saturated heterocycles. The van der Waals surface area contributed by atoms with Gasteiger partial charge in [-0.05, 0) is 33.3 Å². The van der Waals surface area contributed by atoms with Crippen LogP contribution >= 0.6 is 0 Å². The third-order valence-electron chi connectivity index (χ3n) is 4.48. The van der Waals surface area contributed by atoms with Crippen LogP contribution in [-0.4, -0.2) is 40.3 Å². The van der Waals surface area contributed by atoms with Crippen LogP contribution in [0.4, 0.5) is 10.1 Å². The van der Waals surface area contributed by atoms with Gasteiger partial charge in [0.2, 0.25) is 0 Å². The highest BCUT2D eigenvalue weighted by Gasteiger charge is 2.32. The molecule has 0 aliphatic carbocycles. The van der Waals surface area contributed by atoms with Crippen LogP contribution in [0.25, 0.3) is 0 Å². The number of nitrogens with zero attached hydrogens (tertiary/aromatic N) is 4. The van der Waals surface area contributed by atoms with E-state index < -0.39 is 6.17 Å². The molecule has 2 atom stereocenters. The zero-order chi connectivity index (χ0) is 18.0. The van der Waals surface area contributed by atoms with Gasteiger partial charge in [-0.3, -0.25) is 9.88 Å². The molecule has 3 heterocycles. The van der Waals surface area contributed by atoms with E-state index in [0.717, 1.165) is 22.8 Å². The molecule has 2 aromatic heterocycles. The number of anilines is 1. The number of pyridine rings is 1. The van der Waals surface area contributed by atoms with Crippen LogP contribution in [0.5, 0.6) is 0 Å². The van der Waals surface area contributed by atoms with Gasteiger partial charge in [-0.1, -0.05) is 5.16 Å². The van der Waals surface area contributed by atoms with Gasteiger partial charge < -0.3 is 9.84 Å². The Labute approximate surface area is 146 Å². The first kappa shape index (κ1) is 17.4. The van der Waals surface area contributed by atoms with E-state index in [2.05, 4.69) is 26.4 Å². The van der Waals surface area contributed by atoms with Crippen molar-refractivity contribution < 1.29 is 8.91 Å². The highest BCUT2D eigenvalue weighted by atomic mass is 19.1. The summed E-state index contributed by atoms with van der Waals surface area (Å²) >= 11 is 0. The second kappa shape index (κ2) is 7.19. The molecule has 0 saturated carbocycles. The van der Waals surface area contributed by atoms with Gasteiger partial charge in [0.05, 0.1) is 29.2 Å². The van der Waals surface area contributed by atoms with Gasteiger partial charge in [-0.15, -0.1) is 0 Å². The van der Waals surface area contributed by atoms with Crippen molar-refractivity contribution in [2.45, 2.75) is 46.0 Å². The lowest BCUT2D eigenvalue weighted by Crippen LogP contribution is -2.34. The van der Waals surface area contributed by atoms with Crippen LogP contribution in [-0.2, 0) is 6.54 Å². The standard InChI is InChI=1S/C18H22FN5O/c1-11-5-18(17(7-20)13(3)22-11)21-8-15-6-14(19)9-24(15)10-16-4-12(2)23-25-16/h4-5,14-15H,6,8-10H2,1-3H3,(H,21,22)/t14-,15-/m0/s1. The summed E-state index contributed by atoms with van der Waals surface area (Å²) < 4.78 is 19.2. The highest BCUT2D eigenvalue weighted by Crippen LogP contribution is 2.25. The summed E-state index contributed by atoms with van der Waals surface area (Å²) in [6.07, 6.45) is -0.391. The summed E-state index contributed by atoms with van der Waals surface area (Å²) in [5.74, 6) is 0.741. The fraction of sp³-hybridized carbons (Fsp3) is 0.500. The molecule has 0 radical (unpaired) electrons. The molecule has 0 amide bonds. The minimum Gasteiger partial charge on any atom is -0.382 e. The predicted molar refractivity (Wildman–Crippen MR) is 91.9 cm³/mol. The predicted octanol–water partition coefficient (Wildman–Crippen LogP) is 2.89. The minimum absolute atomic E-state index is 0.0285. The maximum Gasteiger partial charge on any atom is 0.150 e. The highest BCUT2D eigenvalue weighted by molar-refractivity contribution is 5.59. The smallest absolute Gasteiger partial charge is 0.150 e. The molecule has 1 aliphatic rings. The van der Waals surface area contributed by atoms with Crippen molar-refractivity contribution in [2.75, 3.05) is 18.4 Å². The van der Waals surface area contributed by atoms with E-state index in [-0.39, 0.29) is 6.04 Å². The molecule has 1 aliphatic heterocycles. The molecule has 6 nitrogen and oxygen atoms in total. The third-order valence-corrected chi connectivity index (χ3v) is 4.48. The number of hydrogen-bond donors (Lipinski definition) is 1. The molecule has 0 unspecified atom stereocenters. The number of hydrogen-bond acceptors (Lipinski definition) is 6. The molecule has 7 heteroatoms. The first-order chi connectivity index (χ1) is 12.0. The quantitative estimate of drug-likeness (QED) is 0.899. The van der Waals surface area contributed by atoms with E-state index >= 15 is 0 Å². The Morgan fingerprint density at radius 1 is 1.36 bits per heavy atom. The number of likely N-dealkylation sites (tertiary alicyclic amines) is 1. The van der Waals surface area contributed by atoms with Crippen molar-refractivity contribution in [1.82, 2.24) is 15.0 Å². The molecule has 2 aromatic rings. The second-order valence-electron chi connectivity index (χ2n) is 6.62. The molecule has 1 N–H and O–H groups in total. The third kappa shape index (κ3) is 3.97. The largest absolute Gasteiger partial charge is 0.382 e. The van der Waals surface area contributed by atoms with Crippen LogP contribution in [0.1, 0.15) is 34.8 Å². The monoisotopic (exact) mass is 343 g/mol. The normalized spacial score (nSPS) is 20.6. The molecule has 25 heavy (non-hydrogen) atoms. The summed E-state index contributed by atoms with van der Waals surface area (Å²) in [5.41, 5.74) is 3.67. The lowest BCUT2D eigenvalue weighted by Gasteiger charge is -2.24. The topological polar surface area (TPSA) is 78.0 Å². The zero-order valence-corrected chi connectivity index (χ0v) is 14.7. The molecule has 0 spiro atoms. The van der Waals surface area contributed by atoms with Crippen LogP contribution < -0.4 is 5.32 Å². The first-order valence-corrected chi connectivity index (χ1v) is 8.38. The molecular weight excluding hydrogens is 321 g/mol. The molecule has 132 valence electrons. The molecule has 0 aromatic carbocycles. The number of alkyl halides is 1. The van der Waals surface area contributed by atoms with Crippen LogP contribution in [0.2, 0.25) is 0 Å². The first-order valence-electron chi connectivity index (χ1n) is 8.38. The van der Waals surface area contributed by atoms with Gasteiger partial charge in [-0.25, -0.2) is 4.39 Å². The molecule has 1 fully saturated rings. The number of aryl methyl sites for hydroxylation is 3. The maximum atomic E-state index is 14.0. The number of aromatic nitrogens is 2. The van der Waals surface area contributed by atoms with Crippen molar-refractivity contribution in [3.63, 3.8) is 0 Å². The Morgan fingerprint density at radius 2 is 2.16 bits per heavy atom. The number of rotatable bonds is 5. The van der Waals surface area contributed by atoms with Gasteiger partial charge in [0.1, 0.15) is 12.2 Å². The zero-order valence-electron chi connectivity index (χ0n) is 14.7. The van der Waals surface area contributed by atoms with Gasteiger partial charge in [0.15, 0.2) is 5.76 Å². The summed E-state index contributed by atoms with van der Waals surface area (Å²) in [6.45, 7) is 7.06. The van der Waals surface area contributed by atoms with Crippen molar-refractivity contribution in [3.05, 3.63) is 40.5 Å². The Balaban J connectivity index is 1.70. The van der Waals surface area contributed by atoms with Crippen LogP contribution in [0.3, 0.4) is 0 Å². The van der Waals surface area contributed by atoms with Gasteiger partial charge in [0.25, 0.3) is 0 Å². The fourth-order valence-corrected chi connectivity index (χ4v) is 3.36. The molecule has 3 rings (SSSR count). The Morgan fingerprint density at radius 3 is 2.84 bits per heavy atom. The van der Waals surface area contributed by atoms with Crippen molar-refractivity contribution in [2.24, 2.45) is 0 Å². The summed E-state index contributed by atoms with van der Waals surface area (Å²) in [4.78, 5) is 6.38. The summed E-state index contributed by atoms with van der Waals surface area (Å²) in [6, 6.07) is 5.95. The number of nitrogens with one attached hydrogen (secondary N) is 1. The second-order valence-corrected chi connectivity index (χ2v) is 6.62. The molecule has 0 bridgehead atoms.